The summed E-state index contributed by atoms with van der Waals surface area (Å²) in [5, 5.41) is 18.7. The van der Waals surface area contributed by atoms with Crippen molar-refractivity contribution < 1.29 is 18.9 Å². The Morgan fingerprint density at radius 1 is 1.26 bits per heavy atom. The van der Waals surface area contributed by atoms with E-state index >= 15 is 0 Å². The predicted molar refractivity (Wildman–Crippen MR) is 95.6 cm³/mol. The molecule has 2 amide bonds. The molecule has 1 unspecified atom stereocenters. The van der Waals surface area contributed by atoms with E-state index in [1.807, 2.05) is 0 Å². The first-order chi connectivity index (χ1) is 12.8. The van der Waals surface area contributed by atoms with Crippen molar-refractivity contribution in [1.82, 2.24) is 0 Å². The molecular formula is C17H14FN5O4. The van der Waals surface area contributed by atoms with Gasteiger partial charge < -0.3 is 11.1 Å². The molecule has 0 bridgehead atoms. The lowest BCUT2D eigenvalue weighted by Gasteiger charge is -2.20. The first-order valence-corrected chi connectivity index (χ1v) is 7.82. The number of nitro benzene ring substituents is 1. The van der Waals surface area contributed by atoms with Crippen LogP contribution in [0, 0.1) is 15.9 Å². The number of carbonyl (C=O) groups excluding carboxylic acids is 2. The molecule has 0 radical (unpaired) electrons. The second-order valence-electron chi connectivity index (χ2n) is 5.75. The van der Waals surface area contributed by atoms with E-state index in [1.165, 1.54) is 53.5 Å². The molecule has 138 valence electrons. The summed E-state index contributed by atoms with van der Waals surface area (Å²) >= 11 is 0. The lowest BCUT2D eigenvalue weighted by atomic mass is 10.1. The summed E-state index contributed by atoms with van der Waals surface area (Å²) < 4.78 is 13.1. The van der Waals surface area contributed by atoms with Gasteiger partial charge in [0, 0.05) is 24.2 Å². The van der Waals surface area contributed by atoms with Gasteiger partial charge in [-0.15, -0.1) is 0 Å². The summed E-state index contributed by atoms with van der Waals surface area (Å²) in [5.41, 5.74) is 5.85. The Morgan fingerprint density at radius 2 is 1.96 bits per heavy atom. The standard InChI is InChI=1S/C17H14FN5O4/c18-10-4-6-12(7-5-10)22-15(16(19)24)9-14(21-22)17(25)20-11-2-1-3-13(8-11)23(26)27/h1-8,15H,9H2,(H2,19,24)(H,20,25). The van der Waals surface area contributed by atoms with Gasteiger partial charge in [-0.3, -0.25) is 24.7 Å². The van der Waals surface area contributed by atoms with E-state index in [2.05, 4.69) is 10.4 Å². The van der Waals surface area contributed by atoms with Crippen molar-refractivity contribution in [2.75, 3.05) is 10.3 Å². The topological polar surface area (TPSA) is 131 Å². The zero-order valence-corrected chi connectivity index (χ0v) is 13.8. The van der Waals surface area contributed by atoms with Gasteiger partial charge >= 0.3 is 0 Å². The third-order valence-electron chi connectivity index (χ3n) is 3.91. The Balaban J connectivity index is 1.83. The van der Waals surface area contributed by atoms with Crippen LogP contribution in [0.3, 0.4) is 0 Å². The zero-order chi connectivity index (χ0) is 19.6. The highest BCUT2D eigenvalue weighted by Crippen LogP contribution is 2.25. The molecule has 0 saturated heterocycles. The third-order valence-corrected chi connectivity index (χ3v) is 3.91. The van der Waals surface area contributed by atoms with E-state index in [9.17, 15) is 24.1 Å². The fraction of sp³-hybridized carbons (Fsp3) is 0.118. The number of carbonyl (C=O) groups is 2. The molecule has 27 heavy (non-hydrogen) atoms. The number of anilines is 2. The van der Waals surface area contributed by atoms with Crippen LogP contribution in [0.2, 0.25) is 0 Å². The number of nitrogens with one attached hydrogen (secondary N) is 1. The number of primary amides is 1. The van der Waals surface area contributed by atoms with Gasteiger partial charge in [0.25, 0.3) is 11.6 Å². The molecule has 9 nitrogen and oxygen atoms in total. The number of halogens is 1. The normalized spacial score (nSPS) is 16.0. The first-order valence-electron chi connectivity index (χ1n) is 7.82. The molecule has 3 rings (SSSR count). The predicted octanol–water partition coefficient (Wildman–Crippen LogP) is 1.79. The maximum Gasteiger partial charge on any atom is 0.271 e. The second kappa shape index (κ2) is 7.20. The second-order valence-corrected chi connectivity index (χ2v) is 5.75. The van der Waals surface area contributed by atoms with Gasteiger partial charge in [-0.2, -0.15) is 5.10 Å². The number of amides is 2. The summed E-state index contributed by atoms with van der Waals surface area (Å²) in [4.78, 5) is 34.4. The molecule has 0 fully saturated rings. The molecule has 0 aliphatic carbocycles. The van der Waals surface area contributed by atoms with E-state index in [-0.39, 0.29) is 23.5 Å². The summed E-state index contributed by atoms with van der Waals surface area (Å²) in [6.45, 7) is 0. The molecule has 1 aliphatic heterocycles. The highest BCUT2D eigenvalue weighted by molar-refractivity contribution is 6.44. The Hall–Kier alpha value is -3.82. The molecule has 3 N–H and O–H groups in total. The molecule has 2 aromatic rings. The average molecular weight is 371 g/mol. The van der Waals surface area contributed by atoms with Gasteiger partial charge in [0.15, 0.2) is 0 Å². The van der Waals surface area contributed by atoms with Gasteiger partial charge in [0.05, 0.1) is 10.6 Å². The number of nitrogens with zero attached hydrogens (tertiary/aromatic N) is 3. The third kappa shape index (κ3) is 3.89. The molecular weight excluding hydrogens is 357 g/mol. The lowest BCUT2D eigenvalue weighted by molar-refractivity contribution is -0.384. The van der Waals surface area contributed by atoms with Crippen molar-refractivity contribution in [3.8, 4) is 0 Å². The van der Waals surface area contributed by atoms with E-state index < -0.39 is 28.6 Å². The minimum absolute atomic E-state index is 0.0228. The van der Waals surface area contributed by atoms with E-state index in [0.717, 1.165) is 0 Å². The molecule has 0 saturated carbocycles. The number of non-ortho nitro benzene ring substituents is 1. The van der Waals surface area contributed by atoms with Crippen molar-refractivity contribution >= 4 is 34.6 Å². The van der Waals surface area contributed by atoms with E-state index in [0.29, 0.717) is 5.69 Å². The van der Waals surface area contributed by atoms with Crippen LogP contribution >= 0.6 is 0 Å². The minimum atomic E-state index is -0.902. The molecule has 1 heterocycles. The SMILES string of the molecule is NC(=O)C1CC(C(=O)Nc2cccc([N+](=O)[O-])c2)=NN1c1ccc(F)cc1. The summed E-state index contributed by atoms with van der Waals surface area (Å²) in [6.07, 6.45) is -0.0481. The van der Waals surface area contributed by atoms with Crippen LogP contribution in [-0.4, -0.2) is 28.5 Å². The maximum atomic E-state index is 13.1. The van der Waals surface area contributed by atoms with Crippen molar-refractivity contribution in [1.29, 1.82) is 0 Å². The summed E-state index contributed by atoms with van der Waals surface area (Å²) in [5.74, 6) is -1.77. The largest absolute Gasteiger partial charge is 0.368 e. The Kier molecular flexibility index (Phi) is 4.79. The number of rotatable bonds is 5. The monoisotopic (exact) mass is 371 g/mol. The smallest absolute Gasteiger partial charge is 0.271 e. The van der Waals surface area contributed by atoms with Crippen molar-refractivity contribution in [3.63, 3.8) is 0 Å². The maximum absolute atomic E-state index is 13.1. The van der Waals surface area contributed by atoms with Gasteiger partial charge in [0.2, 0.25) is 5.91 Å². The number of nitrogens with two attached hydrogens (primary N) is 1. The first kappa shape index (κ1) is 18.0. The van der Waals surface area contributed by atoms with Crippen LogP contribution in [0.25, 0.3) is 0 Å². The molecule has 1 aliphatic rings. The zero-order valence-electron chi connectivity index (χ0n) is 13.8. The molecule has 0 spiro atoms. The van der Waals surface area contributed by atoms with Crippen LogP contribution in [0.5, 0.6) is 0 Å². The molecule has 2 aromatic carbocycles. The fourth-order valence-electron chi connectivity index (χ4n) is 2.60. The Bertz CT molecular complexity index is 945. The number of nitro groups is 1. The minimum Gasteiger partial charge on any atom is -0.368 e. The summed E-state index contributed by atoms with van der Waals surface area (Å²) in [7, 11) is 0. The quantitative estimate of drug-likeness (QED) is 0.611. The van der Waals surface area contributed by atoms with Crippen molar-refractivity contribution in [2.45, 2.75) is 12.5 Å². The molecule has 1 atom stereocenters. The fourth-order valence-corrected chi connectivity index (χ4v) is 2.60. The van der Waals surface area contributed by atoms with E-state index in [1.54, 1.807) is 0 Å². The number of hydrazone groups is 1. The van der Waals surface area contributed by atoms with Gasteiger partial charge in [0.1, 0.15) is 17.6 Å². The molecule has 10 heteroatoms. The number of benzene rings is 2. The lowest BCUT2D eigenvalue weighted by Crippen LogP contribution is -2.39. The van der Waals surface area contributed by atoms with Gasteiger partial charge in [-0.1, -0.05) is 6.07 Å². The average Bonchev–Trinajstić information content (AvgIpc) is 3.08. The van der Waals surface area contributed by atoms with Gasteiger partial charge in [-0.05, 0) is 30.3 Å². The van der Waals surface area contributed by atoms with Crippen molar-refractivity contribution in [3.05, 3.63) is 64.5 Å². The highest BCUT2D eigenvalue weighted by Gasteiger charge is 2.35. The van der Waals surface area contributed by atoms with Crippen LogP contribution < -0.4 is 16.1 Å². The molecule has 0 aromatic heterocycles. The van der Waals surface area contributed by atoms with Gasteiger partial charge in [-0.25, -0.2) is 4.39 Å². The van der Waals surface area contributed by atoms with Crippen LogP contribution in [0.15, 0.2) is 53.6 Å². The Morgan fingerprint density at radius 3 is 2.59 bits per heavy atom. The summed E-state index contributed by atoms with van der Waals surface area (Å²) in [6, 6.07) is 9.74. The van der Waals surface area contributed by atoms with Crippen LogP contribution in [0.4, 0.5) is 21.5 Å². The number of hydrogen-bond acceptors (Lipinski definition) is 6. The van der Waals surface area contributed by atoms with Crippen LogP contribution in [0.1, 0.15) is 6.42 Å². The van der Waals surface area contributed by atoms with E-state index in [4.69, 9.17) is 5.73 Å². The number of hydrogen-bond donors (Lipinski definition) is 2. The van der Waals surface area contributed by atoms with Crippen molar-refractivity contribution in [2.24, 2.45) is 10.8 Å². The highest BCUT2D eigenvalue weighted by atomic mass is 19.1. The Labute approximate surface area is 152 Å². The van der Waals surface area contributed by atoms with Crippen LogP contribution in [-0.2, 0) is 9.59 Å².